The van der Waals surface area contributed by atoms with Crippen LogP contribution in [-0.4, -0.2) is 48.0 Å². The molecule has 0 aliphatic carbocycles. The molecule has 1 fully saturated rings. The molecule has 18 heavy (non-hydrogen) atoms. The van der Waals surface area contributed by atoms with Gasteiger partial charge < -0.3 is 10.6 Å². The predicted molar refractivity (Wildman–Crippen MR) is 76.0 cm³/mol. The molecule has 0 radical (unpaired) electrons. The normalized spacial score (nSPS) is 26.4. The highest BCUT2D eigenvalue weighted by molar-refractivity contribution is 5.81. The lowest BCUT2D eigenvalue weighted by atomic mass is 10.1. The Labute approximate surface area is 109 Å². The molecule has 0 bridgehead atoms. The second kappa shape index (κ2) is 5.40. The summed E-state index contributed by atoms with van der Waals surface area (Å²) in [7, 11) is 2.16. The third-order valence-corrected chi connectivity index (χ3v) is 3.68. The van der Waals surface area contributed by atoms with Gasteiger partial charge in [-0.25, -0.2) is 4.99 Å². The molecule has 1 aromatic carbocycles. The van der Waals surface area contributed by atoms with Gasteiger partial charge in [-0.05, 0) is 33.0 Å². The molecule has 1 aliphatic heterocycles. The number of benzene rings is 1. The summed E-state index contributed by atoms with van der Waals surface area (Å²) in [6.45, 7) is 6.31. The summed E-state index contributed by atoms with van der Waals surface area (Å²) in [5, 5.41) is 0. The standard InChI is InChI=1S/C14H22N4/c1-11-9-18(10-12(2)17(11)3)14(15)16-13-7-5-4-6-8-13/h4-8,11-12H,9-10H2,1-3H3,(H2,15,16). The second-order valence-electron chi connectivity index (χ2n) is 5.07. The first-order valence-corrected chi connectivity index (χ1v) is 6.44. The number of rotatable bonds is 1. The zero-order valence-electron chi connectivity index (χ0n) is 11.4. The third-order valence-electron chi connectivity index (χ3n) is 3.68. The number of piperazine rings is 1. The molecule has 1 heterocycles. The summed E-state index contributed by atoms with van der Waals surface area (Å²) in [4.78, 5) is 9.03. The zero-order chi connectivity index (χ0) is 13.1. The number of aliphatic imine (C=N–C) groups is 1. The van der Waals surface area contributed by atoms with Gasteiger partial charge in [-0.15, -0.1) is 0 Å². The molecule has 0 spiro atoms. The predicted octanol–water partition coefficient (Wildman–Crippen LogP) is 1.66. The van der Waals surface area contributed by atoms with Gasteiger partial charge in [-0.2, -0.15) is 0 Å². The van der Waals surface area contributed by atoms with Crippen LogP contribution < -0.4 is 5.73 Å². The quantitative estimate of drug-likeness (QED) is 0.605. The number of hydrogen-bond donors (Lipinski definition) is 1. The van der Waals surface area contributed by atoms with Crippen LogP contribution in [0.4, 0.5) is 5.69 Å². The van der Waals surface area contributed by atoms with Crippen molar-refractivity contribution in [2.75, 3.05) is 20.1 Å². The topological polar surface area (TPSA) is 44.9 Å². The highest BCUT2D eigenvalue weighted by Gasteiger charge is 2.27. The van der Waals surface area contributed by atoms with Gasteiger partial charge in [-0.3, -0.25) is 4.90 Å². The second-order valence-corrected chi connectivity index (χ2v) is 5.07. The van der Waals surface area contributed by atoms with Crippen LogP contribution in [0.5, 0.6) is 0 Å². The lowest BCUT2D eigenvalue weighted by Gasteiger charge is -2.42. The molecule has 4 heteroatoms. The molecule has 0 amide bonds. The van der Waals surface area contributed by atoms with Crippen molar-refractivity contribution in [1.82, 2.24) is 9.80 Å². The van der Waals surface area contributed by atoms with Crippen LogP contribution in [-0.2, 0) is 0 Å². The molecule has 2 atom stereocenters. The lowest BCUT2D eigenvalue weighted by Crippen LogP contribution is -2.57. The van der Waals surface area contributed by atoms with Crippen molar-refractivity contribution in [3.05, 3.63) is 30.3 Å². The van der Waals surface area contributed by atoms with Gasteiger partial charge in [0.2, 0.25) is 0 Å². The first kappa shape index (κ1) is 12.9. The van der Waals surface area contributed by atoms with Crippen LogP contribution in [0.1, 0.15) is 13.8 Å². The minimum Gasteiger partial charge on any atom is -0.369 e. The Morgan fingerprint density at radius 1 is 1.17 bits per heavy atom. The zero-order valence-corrected chi connectivity index (χ0v) is 11.4. The van der Waals surface area contributed by atoms with Crippen molar-refractivity contribution in [1.29, 1.82) is 0 Å². The molecule has 0 aromatic heterocycles. The molecule has 0 saturated carbocycles. The monoisotopic (exact) mass is 246 g/mol. The van der Waals surface area contributed by atoms with E-state index in [9.17, 15) is 0 Å². The average molecular weight is 246 g/mol. The number of likely N-dealkylation sites (N-methyl/N-ethyl adjacent to an activating group) is 1. The summed E-state index contributed by atoms with van der Waals surface area (Å²) in [6.07, 6.45) is 0. The minimum absolute atomic E-state index is 0.498. The molecule has 1 saturated heterocycles. The van der Waals surface area contributed by atoms with E-state index in [0.717, 1.165) is 18.8 Å². The lowest BCUT2D eigenvalue weighted by molar-refractivity contribution is 0.0982. The van der Waals surface area contributed by atoms with E-state index in [0.29, 0.717) is 18.0 Å². The summed E-state index contributed by atoms with van der Waals surface area (Å²) in [5.74, 6) is 0.619. The molecule has 2 N–H and O–H groups in total. The van der Waals surface area contributed by atoms with Gasteiger partial charge in [0.15, 0.2) is 5.96 Å². The fourth-order valence-corrected chi connectivity index (χ4v) is 2.30. The number of nitrogens with two attached hydrogens (primary N) is 1. The Kier molecular flexibility index (Phi) is 3.87. The van der Waals surface area contributed by atoms with Gasteiger partial charge in [-0.1, -0.05) is 18.2 Å². The van der Waals surface area contributed by atoms with Crippen molar-refractivity contribution in [2.45, 2.75) is 25.9 Å². The van der Waals surface area contributed by atoms with Crippen LogP contribution >= 0.6 is 0 Å². The van der Waals surface area contributed by atoms with Gasteiger partial charge in [0.25, 0.3) is 0 Å². The van der Waals surface area contributed by atoms with E-state index in [1.807, 2.05) is 30.3 Å². The third kappa shape index (κ3) is 2.82. The van der Waals surface area contributed by atoms with E-state index in [2.05, 4.69) is 35.7 Å². The molecular formula is C14H22N4. The summed E-state index contributed by atoms with van der Waals surface area (Å²) >= 11 is 0. The first-order valence-electron chi connectivity index (χ1n) is 6.44. The SMILES string of the molecule is CC1CN(C(N)=Nc2ccccc2)CC(C)N1C. The van der Waals surface area contributed by atoms with E-state index < -0.39 is 0 Å². The number of guanidine groups is 1. The van der Waals surface area contributed by atoms with Crippen LogP contribution in [0.15, 0.2) is 35.3 Å². The first-order chi connectivity index (χ1) is 8.58. The smallest absolute Gasteiger partial charge is 0.196 e. The number of nitrogens with zero attached hydrogens (tertiary/aromatic N) is 3. The Morgan fingerprint density at radius 2 is 1.72 bits per heavy atom. The number of para-hydroxylation sites is 1. The van der Waals surface area contributed by atoms with E-state index in [-0.39, 0.29) is 0 Å². The maximum atomic E-state index is 6.11. The molecule has 1 aromatic rings. The highest BCUT2D eigenvalue weighted by Crippen LogP contribution is 2.15. The Bertz CT molecular complexity index is 403. The highest BCUT2D eigenvalue weighted by atomic mass is 15.3. The van der Waals surface area contributed by atoms with Crippen molar-refractivity contribution < 1.29 is 0 Å². The van der Waals surface area contributed by atoms with Crippen molar-refractivity contribution in [3.63, 3.8) is 0 Å². The molecule has 98 valence electrons. The van der Waals surface area contributed by atoms with E-state index in [4.69, 9.17) is 5.73 Å². The summed E-state index contributed by atoms with van der Waals surface area (Å²) in [5.41, 5.74) is 7.02. The fourth-order valence-electron chi connectivity index (χ4n) is 2.30. The van der Waals surface area contributed by atoms with Gasteiger partial charge in [0, 0.05) is 25.2 Å². The Balaban J connectivity index is 2.10. The van der Waals surface area contributed by atoms with E-state index in [1.165, 1.54) is 0 Å². The van der Waals surface area contributed by atoms with E-state index in [1.54, 1.807) is 0 Å². The molecule has 2 rings (SSSR count). The van der Waals surface area contributed by atoms with Crippen molar-refractivity contribution in [2.24, 2.45) is 10.7 Å². The Morgan fingerprint density at radius 3 is 2.28 bits per heavy atom. The van der Waals surface area contributed by atoms with Crippen molar-refractivity contribution in [3.8, 4) is 0 Å². The maximum absolute atomic E-state index is 6.11. The summed E-state index contributed by atoms with van der Waals surface area (Å²) in [6, 6.07) is 10.9. The largest absolute Gasteiger partial charge is 0.369 e. The fraction of sp³-hybridized carbons (Fsp3) is 0.500. The van der Waals surface area contributed by atoms with Crippen molar-refractivity contribution >= 4 is 11.6 Å². The average Bonchev–Trinajstić information content (AvgIpc) is 2.36. The van der Waals surface area contributed by atoms with Crippen LogP contribution in [0.3, 0.4) is 0 Å². The summed E-state index contributed by atoms with van der Waals surface area (Å²) < 4.78 is 0. The van der Waals surface area contributed by atoms with Gasteiger partial charge in [0.05, 0.1) is 5.69 Å². The molecule has 4 nitrogen and oxygen atoms in total. The molecule has 2 unspecified atom stereocenters. The molecule has 1 aliphatic rings. The number of hydrogen-bond acceptors (Lipinski definition) is 2. The Hall–Kier alpha value is -1.55. The molecular weight excluding hydrogens is 224 g/mol. The van der Waals surface area contributed by atoms with Crippen LogP contribution in [0.2, 0.25) is 0 Å². The van der Waals surface area contributed by atoms with Crippen LogP contribution in [0, 0.1) is 0 Å². The van der Waals surface area contributed by atoms with Crippen LogP contribution in [0.25, 0.3) is 0 Å². The van der Waals surface area contributed by atoms with Gasteiger partial charge in [0.1, 0.15) is 0 Å². The van der Waals surface area contributed by atoms with Gasteiger partial charge >= 0.3 is 0 Å². The van der Waals surface area contributed by atoms with E-state index >= 15 is 0 Å². The maximum Gasteiger partial charge on any atom is 0.196 e. The minimum atomic E-state index is 0.498.